The van der Waals surface area contributed by atoms with Crippen molar-refractivity contribution in [3.05, 3.63) is 34.1 Å². The molecule has 0 fully saturated rings. The Morgan fingerprint density at radius 1 is 1.24 bits per heavy atom. The van der Waals surface area contributed by atoms with Crippen LogP contribution in [0.1, 0.15) is 40.0 Å². The fraction of sp³-hybridized carbons (Fsp3) is 0.444. The number of thiazole rings is 1. The molecule has 0 aliphatic carbocycles. The second kappa shape index (κ2) is 7.97. The highest BCUT2D eigenvalue weighted by molar-refractivity contribution is 7.15. The number of hydrogen-bond donors (Lipinski definition) is 1. The Kier molecular flexibility index (Phi) is 5.78. The molecule has 0 spiro atoms. The first-order valence-corrected chi connectivity index (χ1v) is 9.83. The molecule has 11 heteroatoms. The maximum atomic E-state index is 13.0. The third-order valence-corrected chi connectivity index (χ3v) is 5.30. The second-order valence-electron chi connectivity index (χ2n) is 6.67. The van der Waals surface area contributed by atoms with Crippen LogP contribution < -0.4 is 10.2 Å². The summed E-state index contributed by atoms with van der Waals surface area (Å²) >= 11 is 1.35. The molecule has 0 atom stereocenters. The van der Waals surface area contributed by atoms with Crippen LogP contribution in [0.25, 0.3) is 5.65 Å². The number of nitrogens with zero attached hydrogens (tertiary/aromatic N) is 5. The lowest BCUT2D eigenvalue weighted by molar-refractivity contribution is -0.119. The molecule has 3 rings (SSSR count). The van der Waals surface area contributed by atoms with E-state index in [0.717, 1.165) is 15.5 Å². The fourth-order valence-electron chi connectivity index (χ4n) is 2.92. The highest BCUT2D eigenvalue weighted by Crippen LogP contribution is 2.25. The summed E-state index contributed by atoms with van der Waals surface area (Å²) in [5.74, 6) is -0.305. The van der Waals surface area contributed by atoms with Gasteiger partial charge in [0.1, 0.15) is 17.9 Å². The van der Waals surface area contributed by atoms with Gasteiger partial charge in [-0.05, 0) is 33.3 Å². The van der Waals surface area contributed by atoms with Crippen molar-refractivity contribution in [2.75, 3.05) is 23.3 Å². The molecule has 3 aromatic rings. The molecular weight excluding hydrogens is 405 g/mol. The van der Waals surface area contributed by atoms with Crippen molar-refractivity contribution >= 4 is 33.8 Å². The minimum Gasteiger partial charge on any atom is -0.347 e. The topological polar surface area (TPSA) is 75.4 Å². The number of carbonyl (C=O) groups excluding carboxylic acids is 1. The average Bonchev–Trinajstić information content (AvgIpc) is 3.10. The van der Waals surface area contributed by atoms with Gasteiger partial charge in [0.2, 0.25) is 0 Å². The van der Waals surface area contributed by atoms with E-state index in [1.165, 1.54) is 28.1 Å². The van der Waals surface area contributed by atoms with E-state index < -0.39 is 18.6 Å². The van der Waals surface area contributed by atoms with E-state index in [-0.39, 0.29) is 23.6 Å². The molecule has 0 radical (unpaired) electrons. The predicted octanol–water partition coefficient (Wildman–Crippen LogP) is 4.14. The number of amides is 1. The minimum atomic E-state index is -4.36. The van der Waals surface area contributed by atoms with E-state index in [9.17, 15) is 18.0 Å². The number of aryl methyl sites for hydroxylation is 3. The maximum absolute atomic E-state index is 13.0. The van der Waals surface area contributed by atoms with Crippen molar-refractivity contribution in [2.24, 2.45) is 0 Å². The first-order valence-electron chi connectivity index (χ1n) is 9.02. The second-order valence-corrected chi connectivity index (χ2v) is 7.87. The van der Waals surface area contributed by atoms with Crippen LogP contribution in [0, 0.1) is 20.8 Å². The number of fused-ring (bicyclic) bond motifs is 1. The van der Waals surface area contributed by atoms with Crippen molar-refractivity contribution in [2.45, 2.75) is 40.3 Å². The van der Waals surface area contributed by atoms with Crippen molar-refractivity contribution < 1.29 is 18.0 Å². The molecule has 156 valence electrons. The van der Waals surface area contributed by atoms with Crippen molar-refractivity contribution in [3.8, 4) is 0 Å². The van der Waals surface area contributed by atoms with Gasteiger partial charge in [0, 0.05) is 17.6 Å². The van der Waals surface area contributed by atoms with Crippen LogP contribution >= 0.6 is 11.3 Å². The van der Waals surface area contributed by atoms with Crippen LogP contribution in [0.3, 0.4) is 0 Å². The number of anilines is 2. The molecule has 0 saturated heterocycles. The predicted molar refractivity (Wildman–Crippen MR) is 106 cm³/mol. The van der Waals surface area contributed by atoms with Gasteiger partial charge in [-0.15, -0.1) is 11.3 Å². The molecule has 0 aromatic carbocycles. The Bertz CT molecular complexity index is 1020. The average molecular weight is 426 g/mol. The molecule has 1 N–H and O–H groups in total. The number of halogens is 3. The van der Waals surface area contributed by atoms with Crippen LogP contribution in [0.5, 0.6) is 0 Å². The van der Waals surface area contributed by atoms with Gasteiger partial charge in [-0.25, -0.2) is 14.5 Å². The van der Waals surface area contributed by atoms with Gasteiger partial charge in [0.15, 0.2) is 10.8 Å². The number of hydrogen-bond acceptors (Lipinski definition) is 6. The fourth-order valence-corrected chi connectivity index (χ4v) is 3.73. The summed E-state index contributed by atoms with van der Waals surface area (Å²) in [7, 11) is 0. The summed E-state index contributed by atoms with van der Waals surface area (Å²) < 4.78 is 40.3. The zero-order valence-corrected chi connectivity index (χ0v) is 17.3. The molecule has 0 aliphatic heterocycles. The number of nitrogens with one attached hydrogen (secondary N) is 1. The molecule has 0 saturated carbocycles. The van der Waals surface area contributed by atoms with Crippen LogP contribution in [0.4, 0.5) is 24.1 Å². The number of alkyl halides is 3. The summed E-state index contributed by atoms with van der Waals surface area (Å²) in [5.41, 5.74) is 1.66. The molecular formula is C18H21F3N6OS. The van der Waals surface area contributed by atoms with Gasteiger partial charge < -0.3 is 4.90 Å². The zero-order valence-electron chi connectivity index (χ0n) is 16.5. The van der Waals surface area contributed by atoms with E-state index >= 15 is 0 Å². The van der Waals surface area contributed by atoms with Crippen LogP contribution in [-0.2, 0) is 0 Å². The largest absolute Gasteiger partial charge is 0.405 e. The van der Waals surface area contributed by atoms with Gasteiger partial charge in [-0.2, -0.15) is 18.3 Å². The van der Waals surface area contributed by atoms with Gasteiger partial charge in [-0.1, -0.05) is 6.92 Å². The summed E-state index contributed by atoms with van der Waals surface area (Å²) in [5, 5.41) is 7.44. The third kappa shape index (κ3) is 4.66. The van der Waals surface area contributed by atoms with Crippen LogP contribution in [0.15, 0.2) is 12.3 Å². The molecule has 7 nitrogen and oxygen atoms in total. The Morgan fingerprint density at radius 2 is 1.97 bits per heavy atom. The number of carbonyl (C=O) groups is 1. The lowest BCUT2D eigenvalue weighted by Crippen LogP contribution is -2.35. The molecule has 1 amide bonds. The number of rotatable bonds is 6. The lowest BCUT2D eigenvalue weighted by atomic mass is 10.2. The Hall–Kier alpha value is -2.69. The summed E-state index contributed by atoms with van der Waals surface area (Å²) in [4.78, 5) is 23.6. The van der Waals surface area contributed by atoms with E-state index in [4.69, 9.17) is 0 Å². The number of aromatic nitrogens is 4. The molecule has 0 aliphatic rings. The molecule has 29 heavy (non-hydrogen) atoms. The third-order valence-electron chi connectivity index (χ3n) is 4.31. The van der Waals surface area contributed by atoms with E-state index in [0.29, 0.717) is 17.2 Å². The summed E-state index contributed by atoms with van der Waals surface area (Å²) in [6.07, 6.45) is -2.32. The molecule has 3 aromatic heterocycles. The quantitative estimate of drug-likeness (QED) is 0.641. The molecule has 3 heterocycles. The standard InChI is InChI=1S/C18H21F3N6OS/c1-5-7-26(9-18(19,20)21)13-6-8-27-15(23-13)14(11(3)25-27)16(28)24-17-22-10(2)12(4)29-17/h6,8H,5,7,9H2,1-4H3,(H,22,24,28). The van der Waals surface area contributed by atoms with E-state index in [2.05, 4.69) is 20.4 Å². The van der Waals surface area contributed by atoms with Crippen LogP contribution in [-0.4, -0.2) is 44.8 Å². The van der Waals surface area contributed by atoms with E-state index in [1.54, 1.807) is 13.8 Å². The summed E-state index contributed by atoms with van der Waals surface area (Å²) in [6, 6.07) is 1.47. The Morgan fingerprint density at radius 3 is 2.55 bits per heavy atom. The normalized spacial score (nSPS) is 11.8. The van der Waals surface area contributed by atoms with Gasteiger partial charge >= 0.3 is 6.18 Å². The molecule has 0 unspecified atom stereocenters. The van der Waals surface area contributed by atoms with Crippen LogP contribution in [0.2, 0.25) is 0 Å². The van der Waals surface area contributed by atoms with Crippen molar-refractivity contribution in [3.63, 3.8) is 0 Å². The highest BCUT2D eigenvalue weighted by atomic mass is 32.1. The monoisotopic (exact) mass is 426 g/mol. The maximum Gasteiger partial charge on any atom is 0.405 e. The van der Waals surface area contributed by atoms with Crippen molar-refractivity contribution in [1.82, 2.24) is 19.6 Å². The first kappa shape index (κ1) is 21.0. The Balaban J connectivity index is 1.98. The van der Waals surface area contributed by atoms with Gasteiger partial charge in [0.05, 0.1) is 11.4 Å². The lowest BCUT2D eigenvalue weighted by Gasteiger charge is -2.24. The van der Waals surface area contributed by atoms with Crippen molar-refractivity contribution in [1.29, 1.82) is 0 Å². The van der Waals surface area contributed by atoms with Gasteiger partial charge in [0.25, 0.3) is 5.91 Å². The zero-order chi connectivity index (χ0) is 21.3. The van der Waals surface area contributed by atoms with E-state index in [1.807, 2.05) is 13.8 Å². The minimum absolute atomic E-state index is 0.145. The van der Waals surface area contributed by atoms with Gasteiger partial charge in [-0.3, -0.25) is 10.1 Å². The molecule has 0 bridgehead atoms. The highest BCUT2D eigenvalue weighted by Gasteiger charge is 2.31. The SMILES string of the molecule is CCCN(CC(F)(F)F)c1ccn2nc(C)c(C(=O)Nc3nc(C)c(C)s3)c2n1. The smallest absolute Gasteiger partial charge is 0.347 e. The Labute approximate surface area is 169 Å². The summed E-state index contributed by atoms with van der Waals surface area (Å²) in [6.45, 7) is 6.27. The first-order chi connectivity index (χ1) is 13.6.